The molecule has 1 heterocycles. The van der Waals surface area contributed by atoms with E-state index < -0.39 is 0 Å². The lowest BCUT2D eigenvalue weighted by Crippen LogP contribution is -2.38. The van der Waals surface area contributed by atoms with Gasteiger partial charge in [-0.1, -0.05) is 29.8 Å². The second kappa shape index (κ2) is 11.4. The van der Waals surface area contributed by atoms with E-state index in [0.29, 0.717) is 43.3 Å². The summed E-state index contributed by atoms with van der Waals surface area (Å²) in [6.45, 7) is 3.85. The van der Waals surface area contributed by atoms with Crippen LogP contribution in [-0.2, 0) is 9.59 Å². The number of hydrogen-bond acceptors (Lipinski definition) is 3. The summed E-state index contributed by atoms with van der Waals surface area (Å²) in [6.07, 6.45) is 1.48. The van der Waals surface area contributed by atoms with Crippen LogP contribution < -0.4 is 21.3 Å². The van der Waals surface area contributed by atoms with Crippen molar-refractivity contribution in [3.63, 3.8) is 0 Å². The number of guanidine groups is 1. The Morgan fingerprint density at radius 2 is 1.94 bits per heavy atom. The number of carbonyl (C=O) groups is 2. The molecule has 1 aliphatic rings. The van der Waals surface area contributed by atoms with E-state index in [-0.39, 0.29) is 17.7 Å². The molecule has 0 aromatic heterocycles. The molecule has 2 aromatic rings. The summed E-state index contributed by atoms with van der Waals surface area (Å²) in [7, 11) is 0. The fourth-order valence-corrected chi connectivity index (χ4v) is 3.55. The predicted octanol–water partition coefficient (Wildman–Crippen LogP) is 3.74. The summed E-state index contributed by atoms with van der Waals surface area (Å²) >= 11 is 5.86. The molecule has 31 heavy (non-hydrogen) atoms. The Bertz CT molecular complexity index is 930. The van der Waals surface area contributed by atoms with Crippen molar-refractivity contribution < 1.29 is 9.59 Å². The van der Waals surface area contributed by atoms with Crippen molar-refractivity contribution in [2.45, 2.75) is 32.1 Å². The van der Waals surface area contributed by atoms with Gasteiger partial charge in [-0.15, -0.1) is 0 Å². The average molecular weight is 442 g/mol. The van der Waals surface area contributed by atoms with E-state index in [1.165, 1.54) is 0 Å². The lowest BCUT2D eigenvalue weighted by molar-refractivity contribution is -0.117. The highest BCUT2D eigenvalue weighted by Gasteiger charge is 2.24. The first kappa shape index (κ1) is 22.6. The van der Waals surface area contributed by atoms with Crippen LogP contribution in [0.15, 0.2) is 53.5 Å². The number of hydrogen-bond donors (Lipinski definition) is 4. The van der Waals surface area contributed by atoms with Crippen LogP contribution in [0.1, 0.15) is 37.7 Å². The van der Waals surface area contributed by atoms with Gasteiger partial charge in [0, 0.05) is 48.2 Å². The van der Waals surface area contributed by atoms with E-state index in [4.69, 9.17) is 11.6 Å². The molecule has 0 bridgehead atoms. The number of halogens is 1. The summed E-state index contributed by atoms with van der Waals surface area (Å²) < 4.78 is 0. The largest absolute Gasteiger partial charge is 0.357 e. The van der Waals surface area contributed by atoms with Crippen LogP contribution in [-0.4, -0.2) is 37.4 Å². The third-order valence-electron chi connectivity index (χ3n) is 4.92. The Morgan fingerprint density at radius 1 is 1.16 bits per heavy atom. The van der Waals surface area contributed by atoms with Gasteiger partial charge < -0.3 is 21.3 Å². The standard InChI is InChI=1S/C23H28ClN5O2/c1-2-25-23(26-13-5-8-21(30)28-18-11-9-17(24)10-12-18)27-15-16-14-22(31)29-20-7-4-3-6-19(16)20/h3-4,6-7,9-12,16H,2,5,8,13-15H2,1H3,(H,28,30)(H,29,31)(H2,25,26,27). The molecule has 0 saturated carbocycles. The Labute approximate surface area is 187 Å². The predicted molar refractivity (Wildman–Crippen MR) is 126 cm³/mol. The smallest absolute Gasteiger partial charge is 0.225 e. The molecule has 0 saturated heterocycles. The molecular weight excluding hydrogens is 414 g/mol. The van der Waals surface area contributed by atoms with Crippen LogP contribution >= 0.6 is 11.6 Å². The highest BCUT2D eigenvalue weighted by atomic mass is 35.5. The van der Waals surface area contributed by atoms with Crippen LogP contribution in [0.5, 0.6) is 0 Å². The van der Waals surface area contributed by atoms with Crippen LogP contribution in [0.4, 0.5) is 11.4 Å². The maximum absolute atomic E-state index is 12.1. The van der Waals surface area contributed by atoms with Crippen LogP contribution in [0.3, 0.4) is 0 Å². The maximum Gasteiger partial charge on any atom is 0.225 e. The monoisotopic (exact) mass is 441 g/mol. The van der Waals surface area contributed by atoms with E-state index in [1.807, 2.05) is 31.2 Å². The van der Waals surface area contributed by atoms with Crippen LogP contribution in [0.25, 0.3) is 0 Å². The fourth-order valence-electron chi connectivity index (χ4n) is 3.42. The fraction of sp³-hybridized carbons (Fsp3) is 0.348. The SMILES string of the molecule is CCNC(=NCC1CC(=O)Nc2ccccc21)NCCCC(=O)Nc1ccc(Cl)cc1. The van der Waals surface area contributed by atoms with Gasteiger partial charge in [-0.2, -0.15) is 0 Å². The van der Waals surface area contributed by atoms with Gasteiger partial charge >= 0.3 is 0 Å². The van der Waals surface area contributed by atoms with E-state index in [0.717, 1.165) is 23.5 Å². The molecule has 2 amide bonds. The molecule has 4 N–H and O–H groups in total. The molecule has 3 rings (SSSR count). The minimum atomic E-state index is -0.0455. The number of anilines is 2. The van der Waals surface area contributed by atoms with E-state index in [2.05, 4.69) is 26.3 Å². The third-order valence-corrected chi connectivity index (χ3v) is 5.17. The zero-order valence-electron chi connectivity index (χ0n) is 17.6. The zero-order valence-corrected chi connectivity index (χ0v) is 18.3. The van der Waals surface area contributed by atoms with Gasteiger partial charge in [0.05, 0.1) is 6.54 Å². The molecule has 0 fully saturated rings. The molecule has 1 aliphatic heterocycles. The maximum atomic E-state index is 12.1. The number of carbonyl (C=O) groups excluding carboxylic acids is 2. The van der Waals surface area contributed by atoms with E-state index in [1.54, 1.807) is 24.3 Å². The van der Waals surface area contributed by atoms with Crippen LogP contribution in [0, 0.1) is 0 Å². The molecule has 8 heteroatoms. The normalized spacial score (nSPS) is 15.6. The first-order valence-electron chi connectivity index (χ1n) is 10.5. The lowest BCUT2D eigenvalue weighted by atomic mass is 9.91. The first-order valence-corrected chi connectivity index (χ1v) is 10.9. The number of nitrogens with one attached hydrogen (secondary N) is 4. The van der Waals surface area contributed by atoms with Gasteiger partial charge in [0.2, 0.25) is 11.8 Å². The number of benzene rings is 2. The quantitative estimate of drug-likeness (QED) is 0.285. The van der Waals surface area contributed by atoms with Crippen molar-refractivity contribution in [2.75, 3.05) is 30.3 Å². The van der Waals surface area contributed by atoms with E-state index in [9.17, 15) is 9.59 Å². The van der Waals surface area contributed by atoms with E-state index >= 15 is 0 Å². The highest BCUT2D eigenvalue weighted by Crippen LogP contribution is 2.31. The molecule has 1 unspecified atom stereocenters. The topological polar surface area (TPSA) is 94.6 Å². The molecule has 0 radical (unpaired) electrons. The average Bonchev–Trinajstić information content (AvgIpc) is 2.76. The minimum Gasteiger partial charge on any atom is -0.357 e. The van der Waals surface area contributed by atoms with Gasteiger partial charge in [-0.25, -0.2) is 0 Å². The number of amides is 2. The number of aliphatic imine (C=N–C) groups is 1. The number of nitrogens with zero attached hydrogens (tertiary/aromatic N) is 1. The molecule has 164 valence electrons. The Kier molecular flexibility index (Phi) is 8.29. The van der Waals surface area contributed by atoms with Gasteiger partial charge in [-0.3, -0.25) is 14.6 Å². The molecule has 0 spiro atoms. The zero-order chi connectivity index (χ0) is 22.1. The minimum absolute atomic E-state index is 0.0172. The second-order valence-corrected chi connectivity index (χ2v) is 7.78. The molecule has 7 nitrogen and oxygen atoms in total. The van der Waals surface area contributed by atoms with Crippen molar-refractivity contribution in [3.05, 3.63) is 59.1 Å². The van der Waals surface area contributed by atoms with Crippen molar-refractivity contribution in [1.29, 1.82) is 0 Å². The third kappa shape index (κ3) is 7.00. The summed E-state index contributed by atoms with van der Waals surface area (Å²) in [5, 5.41) is 12.9. The number of para-hydroxylation sites is 1. The van der Waals surface area contributed by atoms with Crippen molar-refractivity contribution >= 4 is 40.7 Å². The summed E-state index contributed by atoms with van der Waals surface area (Å²) in [4.78, 5) is 28.8. The molecule has 0 aliphatic carbocycles. The van der Waals surface area contributed by atoms with Crippen molar-refractivity contribution in [1.82, 2.24) is 10.6 Å². The van der Waals surface area contributed by atoms with Crippen LogP contribution in [0.2, 0.25) is 5.02 Å². The summed E-state index contributed by atoms with van der Waals surface area (Å²) in [5.74, 6) is 0.703. The second-order valence-electron chi connectivity index (χ2n) is 7.34. The van der Waals surface area contributed by atoms with Gasteiger partial charge in [-0.05, 0) is 49.2 Å². The van der Waals surface area contributed by atoms with Crippen molar-refractivity contribution in [2.24, 2.45) is 4.99 Å². The molecular formula is C23H28ClN5O2. The van der Waals surface area contributed by atoms with Crippen molar-refractivity contribution in [3.8, 4) is 0 Å². The Balaban J connectivity index is 1.47. The molecule has 1 atom stereocenters. The summed E-state index contributed by atoms with van der Waals surface area (Å²) in [5.41, 5.74) is 2.71. The summed E-state index contributed by atoms with van der Waals surface area (Å²) in [6, 6.07) is 14.9. The van der Waals surface area contributed by atoms with Gasteiger partial charge in [0.15, 0.2) is 5.96 Å². The number of rotatable bonds is 8. The number of fused-ring (bicyclic) bond motifs is 1. The lowest BCUT2D eigenvalue weighted by Gasteiger charge is -2.24. The van der Waals surface area contributed by atoms with Gasteiger partial charge in [0.25, 0.3) is 0 Å². The Morgan fingerprint density at radius 3 is 2.71 bits per heavy atom. The first-order chi connectivity index (χ1) is 15.0. The Hall–Kier alpha value is -3.06. The highest BCUT2D eigenvalue weighted by molar-refractivity contribution is 6.30. The van der Waals surface area contributed by atoms with Gasteiger partial charge in [0.1, 0.15) is 0 Å². The molecule has 2 aromatic carbocycles.